The molecule has 2 rings (SSSR count). The number of carbonyl (C=O) groups excluding carboxylic acids is 1. The fourth-order valence-corrected chi connectivity index (χ4v) is 2.85. The first-order valence-corrected chi connectivity index (χ1v) is 6.69. The maximum Gasteiger partial charge on any atom is 0.209 e. The molecule has 0 spiro atoms. The van der Waals surface area contributed by atoms with E-state index in [-0.39, 0.29) is 0 Å². The van der Waals surface area contributed by atoms with E-state index in [1.54, 1.807) is 0 Å². The Morgan fingerprint density at radius 1 is 1.06 bits per heavy atom. The summed E-state index contributed by atoms with van der Waals surface area (Å²) >= 11 is 0. The van der Waals surface area contributed by atoms with Crippen LogP contribution in [0.1, 0.15) is 32.6 Å². The summed E-state index contributed by atoms with van der Waals surface area (Å²) in [7, 11) is 0. The molecule has 1 amide bonds. The van der Waals surface area contributed by atoms with E-state index in [9.17, 15) is 4.79 Å². The Labute approximate surface area is 98.8 Å². The summed E-state index contributed by atoms with van der Waals surface area (Å²) < 4.78 is 0. The Kier molecular flexibility index (Phi) is 4.22. The monoisotopic (exact) mass is 224 g/mol. The predicted octanol–water partition coefficient (Wildman–Crippen LogP) is 1.59. The minimum atomic E-state index is 0.824. The smallest absolute Gasteiger partial charge is 0.209 e. The van der Waals surface area contributed by atoms with Crippen LogP contribution in [0.15, 0.2) is 0 Å². The summed E-state index contributed by atoms with van der Waals surface area (Å²) in [6.07, 6.45) is 6.13. The minimum Gasteiger partial charge on any atom is -0.345 e. The first kappa shape index (κ1) is 11.9. The lowest BCUT2D eigenvalue weighted by atomic mass is 9.94. The fraction of sp³-hybridized carbons (Fsp3) is 0.923. The largest absolute Gasteiger partial charge is 0.345 e. The van der Waals surface area contributed by atoms with Gasteiger partial charge in [-0.05, 0) is 50.6 Å². The van der Waals surface area contributed by atoms with Gasteiger partial charge < -0.3 is 9.80 Å². The number of hydrogen-bond donors (Lipinski definition) is 0. The molecule has 16 heavy (non-hydrogen) atoms. The Morgan fingerprint density at radius 2 is 1.69 bits per heavy atom. The van der Waals surface area contributed by atoms with Gasteiger partial charge in [0.15, 0.2) is 0 Å². The van der Waals surface area contributed by atoms with Gasteiger partial charge in [-0.3, -0.25) is 4.79 Å². The second-order valence-corrected chi connectivity index (χ2v) is 5.57. The summed E-state index contributed by atoms with van der Waals surface area (Å²) in [4.78, 5) is 15.1. The van der Waals surface area contributed by atoms with Crippen molar-refractivity contribution in [2.75, 3.05) is 32.7 Å². The molecule has 0 radical (unpaired) electrons. The molecule has 2 saturated heterocycles. The van der Waals surface area contributed by atoms with Crippen LogP contribution in [0.5, 0.6) is 0 Å². The quantitative estimate of drug-likeness (QED) is 0.680. The molecule has 2 aliphatic rings. The summed E-state index contributed by atoms with van der Waals surface area (Å²) in [5, 5.41) is 0. The highest BCUT2D eigenvalue weighted by Crippen LogP contribution is 2.21. The van der Waals surface area contributed by atoms with Crippen molar-refractivity contribution in [3.8, 4) is 0 Å². The van der Waals surface area contributed by atoms with Gasteiger partial charge in [-0.2, -0.15) is 0 Å². The lowest BCUT2D eigenvalue weighted by Gasteiger charge is -2.36. The lowest BCUT2D eigenvalue weighted by Crippen LogP contribution is -2.40. The first-order valence-electron chi connectivity index (χ1n) is 6.69. The number of rotatable bonds is 3. The van der Waals surface area contributed by atoms with E-state index in [1.807, 2.05) is 4.90 Å². The van der Waals surface area contributed by atoms with Crippen LogP contribution in [0.2, 0.25) is 0 Å². The van der Waals surface area contributed by atoms with Gasteiger partial charge in [-0.15, -0.1) is 0 Å². The second kappa shape index (κ2) is 5.67. The highest BCUT2D eigenvalue weighted by molar-refractivity contribution is 5.47. The average Bonchev–Trinajstić information content (AvgIpc) is 2.33. The zero-order valence-corrected chi connectivity index (χ0v) is 10.4. The van der Waals surface area contributed by atoms with Crippen LogP contribution >= 0.6 is 0 Å². The highest BCUT2D eigenvalue weighted by Gasteiger charge is 2.22. The SMILES string of the molecule is CC1CCN(CC2CCN(C=O)CC2)CC1. The van der Waals surface area contributed by atoms with E-state index in [0.29, 0.717) is 0 Å². The summed E-state index contributed by atoms with van der Waals surface area (Å²) in [6, 6.07) is 0. The van der Waals surface area contributed by atoms with Crippen molar-refractivity contribution in [3.63, 3.8) is 0 Å². The third-order valence-corrected chi connectivity index (χ3v) is 4.19. The number of nitrogens with zero attached hydrogens (tertiary/aromatic N) is 2. The van der Waals surface area contributed by atoms with Crippen LogP contribution in [0.3, 0.4) is 0 Å². The van der Waals surface area contributed by atoms with Crippen LogP contribution in [0, 0.1) is 11.8 Å². The van der Waals surface area contributed by atoms with Gasteiger partial charge in [0.2, 0.25) is 6.41 Å². The van der Waals surface area contributed by atoms with Crippen molar-refractivity contribution in [1.82, 2.24) is 9.80 Å². The normalized spacial score (nSPS) is 25.9. The van der Waals surface area contributed by atoms with Crippen molar-refractivity contribution in [1.29, 1.82) is 0 Å². The molecule has 0 aliphatic carbocycles. The number of likely N-dealkylation sites (tertiary alicyclic amines) is 2. The molecular weight excluding hydrogens is 200 g/mol. The molecule has 2 aliphatic heterocycles. The van der Waals surface area contributed by atoms with E-state index in [4.69, 9.17) is 0 Å². The van der Waals surface area contributed by atoms with Gasteiger partial charge in [0.05, 0.1) is 0 Å². The zero-order chi connectivity index (χ0) is 11.4. The molecule has 0 atom stereocenters. The van der Waals surface area contributed by atoms with Crippen molar-refractivity contribution in [3.05, 3.63) is 0 Å². The van der Waals surface area contributed by atoms with Gasteiger partial charge in [0, 0.05) is 19.6 Å². The van der Waals surface area contributed by atoms with Crippen LogP contribution in [-0.2, 0) is 4.79 Å². The Balaban J connectivity index is 1.68. The van der Waals surface area contributed by atoms with E-state index < -0.39 is 0 Å². The molecule has 3 nitrogen and oxygen atoms in total. The van der Waals surface area contributed by atoms with Gasteiger partial charge in [-0.1, -0.05) is 6.92 Å². The van der Waals surface area contributed by atoms with Crippen LogP contribution in [-0.4, -0.2) is 48.9 Å². The summed E-state index contributed by atoms with van der Waals surface area (Å²) in [6.45, 7) is 8.14. The maximum atomic E-state index is 10.6. The summed E-state index contributed by atoms with van der Waals surface area (Å²) in [5.41, 5.74) is 0. The topological polar surface area (TPSA) is 23.6 Å². The maximum absolute atomic E-state index is 10.6. The molecule has 2 fully saturated rings. The predicted molar refractivity (Wildman–Crippen MR) is 65.2 cm³/mol. The molecular formula is C13H24N2O. The fourth-order valence-electron chi connectivity index (χ4n) is 2.85. The van der Waals surface area contributed by atoms with E-state index in [2.05, 4.69) is 11.8 Å². The Bertz CT molecular complexity index is 216. The lowest BCUT2D eigenvalue weighted by molar-refractivity contribution is -0.119. The third kappa shape index (κ3) is 3.21. The van der Waals surface area contributed by atoms with Gasteiger partial charge in [0.25, 0.3) is 0 Å². The van der Waals surface area contributed by atoms with Crippen molar-refractivity contribution in [2.24, 2.45) is 11.8 Å². The number of amides is 1. The number of piperidine rings is 2. The van der Waals surface area contributed by atoms with E-state index in [0.717, 1.165) is 31.3 Å². The van der Waals surface area contributed by atoms with E-state index in [1.165, 1.54) is 45.3 Å². The van der Waals surface area contributed by atoms with Crippen LogP contribution in [0.4, 0.5) is 0 Å². The van der Waals surface area contributed by atoms with Gasteiger partial charge in [0.1, 0.15) is 0 Å². The Morgan fingerprint density at radius 3 is 2.25 bits per heavy atom. The number of carbonyl (C=O) groups is 1. The Hall–Kier alpha value is -0.570. The minimum absolute atomic E-state index is 0.824. The first-order chi connectivity index (χ1) is 7.78. The molecule has 0 aromatic carbocycles. The third-order valence-electron chi connectivity index (χ3n) is 4.19. The van der Waals surface area contributed by atoms with Crippen molar-refractivity contribution < 1.29 is 4.79 Å². The molecule has 0 bridgehead atoms. The number of hydrogen-bond acceptors (Lipinski definition) is 2. The van der Waals surface area contributed by atoms with Gasteiger partial charge >= 0.3 is 0 Å². The molecule has 0 saturated carbocycles. The van der Waals surface area contributed by atoms with E-state index >= 15 is 0 Å². The van der Waals surface area contributed by atoms with Crippen LogP contribution in [0.25, 0.3) is 0 Å². The molecule has 2 heterocycles. The molecule has 0 unspecified atom stereocenters. The van der Waals surface area contributed by atoms with Gasteiger partial charge in [-0.25, -0.2) is 0 Å². The zero-order valence-electron chi connectivity index (χ0n) is 10.4. The molecule has 0 N–H and O–H groups in total. The van der Waals surface area contributed by atoms with Crippen molar-refractivity contribution in [2.45, 2.75) is 32.6 Å². The molecule has 92 valence electrons. The highest BCUT2D eigenvalue weighted by atomic mass is 16.1. The molecule has 0 aromatic rings. The van der Waals surface area contributed by atoms with Crippen LogP contribution < -0.4 is 0 Å². The molecule has 3 heteroatoms. The van der Waals surface area contributed by atoms with Crippen molar-refractivity contribution >= 4 is 6.41 Å². The average molecular weight is 224 g/mol. The second-order valence-electron chi connectivity index (χ2n) is 5.57. The standard InChI is InChI=1S/C13H24N2O/c1-12-2-6-14(7-3-12)10-13-4-8-15(11-16)9-5-13/h11-13H,2-10H2,1H3. The molecule has 0 aromatic heterocycles. The summed E-state index contributed by atoms with van der Waals surface area (Å²) in [5.74, 6) is 1.75.